The van der Waals surface area contributed by atoms with Gasteiger partial charge < -0.3 is 0 Å². The van der Waals surface area contributed by atoms with Crippen molar-refractivity contribution in [3.63, 3.8) is 0 Å². The second-order valence-electron chi connectivity index (χ2n) is 4.97. The summed E-state index contributed by atoms with van der Waals surface area (Å²) in [6.45, 7) is 7.02. The molecule has 1 saturated carbocycles. The van der Waals surface area contributed by atoms with Gasteiger partial charge in [-0.1, -0.05) is 52.9 Å². The summed E-state index contributed by atoms with van der Waals surface area (Å²) in [4.78, 5) is 0. The van der Waals surface area contributed by atoms with Gasteiger partial charge in [0.15, 0.2) is 0 Å². The molecule has 0 spiro atoms. The van der Waals surface area contributed by atoms with Gasteiger partial charge in [-0.3, -0.25) is 0 Å². The number of hydrogen-bond acceptors (Lipinski definition) is 0. The van der Waals surface area contributed by atoms with Crippen LogP contribution in [-0.4, -0.2) is 0 Å². The first kappa shape index (κ1) is 11.1. The van der Waals surface area contributed by atoms with E-state index in [0.29, 0.717) is 0 Å². The molecule has 1 fully saturated rings. The van der Waals surface area contributed by atoms with Crippen molar-refractivity contribution in [3.05, 3.63) is 6.42 Å². The van der Waals surface area contributed by atoms with Crippen LogP contribution in [0.25, 0.3) is 0 Å². The van der Waals surface area contributed by atoms with E-state index in [1.165, 1.54) is 38.5 Å². The van der Waals surface area contributed by atoms with Crippen LogP contribution in [0.5, 0.6) is 0 Å². The molecule has 1 radical (unpaired) electrons. The zero-order valence-corrected chi connectivity index (χ0v) is 9.55. The van der Waals surface area contributed by atoms with E-state index in [0.717, 1.165) is 17.8 Å². The standard InChI is InChI=1S/C13H25/c1-4-5-6-7-13-9-8-11(2)12(3)10-13/h4,11-13H,5-10H2,1-3H3. The summed E-state index contributed by atoms with van der Waals surface area (Å²) in [6, 6.07) is 0. The average Bonchev–Trinajstić information content (AvgIpc) is 2.12. The van der Waals surface area contributed by atoms with Crippen molar-refractivity contribution in [1.82, 2.24) is 0 Å². The van der Waals surface area contributed by atoms with Crippen molar-refractivity contribution in [2.24, 2.45) is 17.8 Å². The lowest BCUT2D eigenvalue weighted by molar-refractivity contribution is 0.198. The van der Waals surface area contributed by atoms with Gasteiger partial charge in [-0.05, 0) is 30.6 Å². The highest BCUT2D eigenvalue weighted by molar-refractivity contribution is 4.75. The van der Waals surface area contributed by atoms with Gasteiger partial charge >= 0.3 is 0 Å². The Bertz CT molecular complexity index is 128. The molecule has 0 amide bonds. The summed E-state index contributed by atoms with van der Waals surface area (Å²) in [5.74, 6) is 3.00. The molecule has 1 aliphatic carbocycles. The molecular formula is C13H25. The van der Waals surface area contributed by atoms with E-state index < -0.39 is 0 Å². The molecule has 0 aromatic carbocycles. The largest absolute Gasteiger partial charge is 0.0623 e. The predicted octanol–water partition coefficient (Wildman–Crippen LogP) is 4.45. The quantitative estimate of drug-likeness (QED) is 0.562. The zero-order valence-electron chi connectivity index (χ0n) is 9.55. The van der Waals surface area contributed by atoms with Gasteiger partial charge in [-0.15, -0.1) is 0 Å². The molecule has 0 N–H and O–H groups in total. The third-order valence-corrected chi connectivity index (χ3v) is 3.81. The first-order valence-corrected chi connectivity index (χ1v) is 6.01. The molecule has 3 atom stereocenters. The maximum absolute atomic E-state index is 2.43. The van der Waals surface area contributed by atoms with E-state index in [4.69, 9.17) is 0 Å². The summed E-state index contributed by atoms with van der Waals surface area (Å²) in [5.41, 5.74) is 0. The molecule has 0 saturated heterocycles. The zero-order chi connectivity index (χ0) is 9.68. The molecule has 1 aliphatic rings. The van der Waals surface area contributed by atoms with Crippen molar-refractivity contribution in [2.45, 2.75) is 59.3 Å². The van der Waals surface area contributed by atoms with Crippen molar-refractivity contribution in [1.29, 1.82) is 0 Å². The molecule has 0 bridgehead atoms. The minimum absolute atomic E-state index is 0.976. The first-order valence-electron chi connectivity index (χ1n) is 6.01. The number of rotatable bonds is 4. The normalized spacial score (nSPS) is 34.8. The van der Waals surface area contributed by atoms with E-state index in [2.05, 4.69) is 27.2 Å². The summed E-state index contributed by atoms with van der Waals surface area (Å²) in [7, 11) is 0. The number of unbranched alkanes of at least 4 members (excludes halogenated alkanes) is 2. The van der Waals surface area contributed by atoms with Crippen LogP contribution in [0, 0.1) is 24.2 Å². The highest BCUT2D eigenvalue weighted by Gasteiger charge is 2.23. The fourth-order valence-electron chi connectivity index (χ4n) is 2.53. The van der Waals surface area contributed by atoms with Gasteiger partial charge in [0.25, 0.3) is 0 Å². The summed E-state index contributed by atoms with van der Waals surface area (Å²) >= 11 is 0. The lowest BCUT2D eigenvalue weighted by Crippen LogP contribution is -2.20. The molecule has 1 rings (SSSR count). The topological polar surface area (TPSA) is 0 Å². The highest BCUT2D eigenvalue weighted by atomic mass is 14.3. The Kier molecular flexibility index (Phi) is 4.83. The van der Waals surface area contributed by atoms with Crippen LogP contribution >= 0.6 is 0 Å². The third kappa shape index (κ3) is 3.70. The van der Waals surface area contributed by atoms with Gasteiger partial charge in [0.1, 0.15) is 0 Å². The maximum atomic E-state index is 2.43. The fraction of sp³-hybridized carbons (Fsp3) is 0.923. The predicted molar refractivity (Wildman–Crippen MR) is 59.5 cm³/mol. The number of hydrogen-bond donors (Lipinski definition) is 0. The molecule has 0 aromatic heterocycles. The van der Waals surface area contributed by atoms with E-state index >= 15 is 0 Å². The Balaban J connectivity index is 2.14. The van der Waals surface area contributed by atoms with Gasteiger partial charge in [0.05, 0.1) is 0 Å². The van der Waals surface area contributed by atoms with E-state index in [9.17, 15) is 0 Å². The van der Waals surface area contributed by atoms with E-state index in [-0.39, 0.29) is 0 Å². The van der Waals surface area contributed by atoms with Crippen LogP contribution < -0.4 is 0 Å². The lowest BCUT2D eigenvalue weighted by atomic mass is 9.74. The average molecular weight is 181 g/mol. The van der Waals surface area contributed by atoms with Crippen LogP contribution in [0.4, 0.5) is 0 Å². The Morgan fingerprint density at radius 3 is 2.54 bits per heavy atom. The van der Waals surface area contributed by atoms with Crippen LogP contribution in [-0.2, 0) is 0 Å². The van der Waals surface area contributed by atoms with Crippen LogP contribution in [0.15, 0.2) is 0 Å². The fourth-order valence-corrected chi connectivity index (χ4v) is 2.53. The van der Waals surface area contributed by atoms with Crippen LogP contribution in [0.1, 0.15) is 59.3 Å². The molecular weight excluding hydrogens is 156 g/mol. The second-order valence-corrected chi connectivity index (χ2v) is 4.97. The summed E-state index contributed by atoms with van der Waals surface area (Å²) < 4.78 is 0. The first-order chi connectivity index (χ1) is 6.24. The van der Waals surface area contributed by atoms with E-state index in [1.807, 2.05) is 0 Å². The smallest absolute Gasteiger partial charge is 0.0412 e. The molecule has 13 heavy (non-hydrogen) atoms. The van der Waals surface area contributed by atoms with E-state index in [1.54, 1.807) is 0 Å². The summed E-state index contributed by atoms with van der Waals surface area (Å²) in [6.07, 6.45) is 11.0. The highest BCUT2D eigenvalue weighted by Crippen LogP contribution is 2.35. The van der Waals surface area contributed by atoms with Crippen LogP contribution in [0.2, 0.25) is 0 Å². The molecule has 0 aromatic rings. The molecule has 77 valence electrons. The van der Waals surface area contributed by atoms with Crippen molar-refractivity contribution in [3.8, 4) is 0 Å². The minimum Gasteiger partial charge on any atom is -0.0623 e. The molecule has 0 aliphatic heterocycles. The van der Waals surface area contributed by atoms with Gasteiger partial charge in [-0.2, -0.15) is 0 Å². The Morgan fingerprint density at radius 1 is 1.15 bits per heavy atom. The van der Waals surface area contributed by atoms with Crippen molar-refractivity contribution in [2.75, 3.05) is 0 Å². The van der Waals surface area contributed by atoms with Gasteiger partial charge in [0, 0.05) is 0 Å². The minimum atomic E-state index is 0.976. The van der Waals surface area contributed by atoms with Crippen molar-refractivity contribution >= 4 is 0 Å². The van der Waals surface area contributed by atoms with Crippen LogP contribution in [0.3, 0.4) is 0 Å². The van der Waals surface area contributed by atoms with Gasteiger partial charge in [-0.25, -0.2) is 0 Å². The SMILES string of the molecule is C[CH]CCCC1CCC(C)C(C)C1. The Labute approximate surface area is 84.1 Å². The van der Waals surface area contributed by atoms with Crippen molar-refractivity contribution < 1.29 is 0 Å². The van der Waals surface area contributed by atoms with Gasteiger partial charge in [0.2, 0.25) is 0 Å². The molecule has 3 unspecified atom stereocenters. The maximum Gasteiger partial charge on any atom is -0.0412 e. The third-order valence-electron chi connectivity index (χ3n) is 3.81. The molecule has 0 heteroatoms. The monoisotopic (exact) mass is 181 g/mol. The Morgan fingerprint density at radius 2 is 1.92 bits per heavy atom. The molecule has 0 nitrogen and oxygen atoms in total. The second kappa shape index (κ2) is 5.67. The summed E-state index contributed by atoms with van der Waals surface area (Å²) in [5, 5.41) is 0. The molecule has 0 heterocycles. The lowest BCUT2D eigenvalue weighted by Gasteiger charge is -2.32. The Hall–Kier alpha value is 0.